The van der Waals surface area contributed by atoms with Gasteiger partial charge in [0.1, 0.15) is 6.79 Å². The van der Waals surface area contributed by atoms with Crippen molar-refractivity contribution in [3.8, 4) is 0 Å². The molecule has 5 heteroatoms. The van der Waals surface area contributed by atoms with E-state index in [1.165, 1.54) is 0 Å². The zero-order valence-corrected chi connectivity index (χ0v) is 16.0. The summed E-state index contributed by atoms with van der Waals surface area (Å²) in [5.41, 5.74) is 0.478. The largest absolute Gasteiger partial charge is 0.390 e. The maximum atomic E-state index is 10.6. The number of rotatable bonds is 2. The first-order valence-corrected chi connectivity index (χ1v) is 9.85. The predicted octanol–water partition coefficient (Wildman–Crippen LogP) is 2.14. The van der Waals surface area contributed by atoms with Crippen LogP contribution in [-0.2, 0) is 4.74 Å². The molecule has 3 aliphatic carbocycles. The third-order valence-corrected chi connectivity index (χ3v) is 7.67. The highest BCUT2D eigenvalue weighted by atomic mass is 16.6. The van der Waals surface area contributed by atoms with Crippen molar-refractivity contribution in [1.29, 1.82) is 0 Å². The monoisotopic (exact) mass is 366 g/mol. The summed E-state index contributed by atoms with van der Waals surface area (Å²) in [4.78, 5) is 0. The lowest BCUT2D eigenvalue weighted by Gasteiger charge is -2.46. The molecule has 0 aromatic heterocycles. The second kappa shape index (κ2) is 7.36. The minimum absolute atomic E-state index is 0.130. The van der Waals surface area contributed by atoms with E-state index in [0.29, 0.717) is 19.3 Å². The number of hydrogen-bond acceptors (Lipinski definition) is 5. The lowest BCUT2D eigenvalue weighted by molar-refractivity contribution is -0.0859. The Bertz CT molecular complexity index is 561. The molecule has 3 rings (SSSR count). The molecule has 0 bridgehead atoms. The molecule has 0 saturated heterocycles. The van der Waals surface area contributed by atoms with E-state index in [4.69, 9.17) is 4.74 Å². The van der Waals surface area contributed by atoms with Crippen LogP contribution in [0.2, 0.25) is 0 Å². The Morgan fingerprint density at radius 3 is 2.50 bits per heavy atom. The highest BCUT2D eigenvalue weighted by Crippen LogP contribution is 2.54. The number of allylic oxidation sites excluding steroid dienone is 2. The number of aliphatic hydroxyl groups excluding tert-OH is 4. The first-order valence-electron chi connectivity index (χ1n) is 9.85. The molecule has 0 unspecified atom stereocenters. The van der Waals surface area contributed by atoms with Crippen LogP contribution in [0.4, 0.5) is 0 Å². The van der Waals surface area contributed by atoms with Crippen molar-refractivity contribution >= 4 is 0 Å². The molecule has 2 fully saturated rings. The summed E-state index contributed by atoms with van der Waals surface area (Å²) in [6.45, 7) is 8.24. The van der Waals surface area contributed by atoms with Crippen molar-refractivity contribution in [1.82, 2.24) is 0 Å². The van der Waals surface area contributed by atoms with E-state index in [2.05, 4.69) is 26.5 Å². The molecule has 3 aliphatic rings. The average molecular weight is 366 g/mol. The molecule has 0 aliphatic heterocycles. The Morgan fingerprint density at radius 2 is 1.81 bits per heavy atom. The van der Waals surface area contributed by atoms with Crippen LogP contribution in [-0.4, -0.2) is 51.6 Å². The number of aliphatic hydroxyl groups is 4. The fourth-order valence-corrected chi connectivity index (χ4v) is 5.56. The molecule has 0 spiro atoms. The van der Waals surface area contributed by atoms with Gasteiger partial charge in [-0.3, -0.25) is 0 Å². The van der Waals surface area contributed by atoms with Gasteiger partial charge in [0.25, 0.3) is 0 Å². The van der Waals surface area contributed by atoms with E-state index < -0.39 is 18.3 Å². The third-order valence-electron chi connectivity index (χ3n) is 7.67. The normalized spacial score (nSPS) is 49.5. The number of fused-ring (bicyclic) bond motifs is 2. The van der Waals surface area contributed by atoms with Gasteiger partial charge in [0, 0.05) is 5.41 Å². The van der Waals surface area contributed by atoms with Crippen molar-refractivity contribution in [3.05, 3.63) is 24.3 Å². The topological polar surface area (TPSA) is 90.2 Å². The van der Waals surface area contributed by atoms with Crippen molar-refractivity contribution in [2.75, 3.05) is 6.79 Å². The summed E-state index contributed by atoms with van der Waals surface area (Å²) in [6, 6.07) is 0. The van der Waals surface area contributed by atoms with Gasteiger partial charge in [0.15, 0.2) is 0 Å². The zero-order valence-electron chi connectivity index (χ0n) is 16.0. The summed E-state index contributed by atoms with van der Waals surface area (Å²) >= 11 is 0. The van der Waals surface area contributed by atoms with Crippen LogP contribution in [0.3, 0.4) is 0 Å². The van der Waals surface area contributed by atoms with Crippen molar-refractivity contribution in [2.24, 2.45) is 22.7 Å². The second-order valence-electron chi connectivity index (χ2n) is 9.09. The van der Waals surface area contributed by atoms with Crippen LogP contribution < -0.4 is 0 Å². The molecule has 0 radical (unpaired) electrons. The first kappa shape index (κ1) is 20.0. The third kappa shape index (κ3) is 3.40. The van der Waals surface area contributed by atoms with Crippen molar-refractivity contribution in [2.45, 2.75) is 76.8 Å². The number of hydrogen-bond donors (Lipinski definition) is 4. The van der Waals surface area contributed by atoms with Crippen molar-refractivity contribution < 1.29 is 25.2 Å². The van der Waals surface area contributed by atoms with Crippen molar-refractivity contribution in [3.63, 3.8) is 0 Å². The summed E-state index contributed by atoms with van der Waals surface area (Å²) in [6.07, 6.45) is 6.02. The van der Waals surface area contributed by atoms with E-state index in [1.807, 2.05) is 6.08 Å². The maximum Gasteiger partial charge on any atom is 0.143 e. The lowest BCUT2D eigenvalue weighted by atomic mass is 9.61. The quantitative estimate of drug-likeness (QED) is 0.444. The van der Waals surface area contributed by atoms with E-state index in [0.717, 1.165) is 24.8 Å². The molecule has 2 saturated carbocycles. The Hall–Kier alpha value is -0.720. The Kier molecular flexibility index (Phi) is 5.67. The SMILES string of the molecule is C=C1CC[C@@]2(C)[C@H](C[C@@H](OCO)C[C@@H]3C[C@@H](O)C=C[C@]13C)C[C@@H](O)[C@@H]2O. The first-order chi connectivity index (χ1) is 12.2. The maximum absolute atomic E-state index is 10.6. The summed E-state index contributed by atoms with van der Waals surface area (Å²) in [5, 5.41) is 40.5. The minimum atomic E-state index is -0.748. The van der Waals surface area contributed by atoms with Crippen LogP contribution >= 0.6 is 0 Å². The smallest absolute Gasteiger partial charge is 0.143 e. The van der Waals surface area contributed by atoms with E-state index in [-0.39, 0.29) is 35.6 Å². The van der Waals surface area contributed by atoms with Gasteiger partial charge in [-0.15, -0.1) is 0 Å². The highest BCUT2D eigenvalue weighted by molar-refractivity contribution is 5.25. The van der Waals surface area contributed by atoms with E-state index in [1.54, 1.807) is 0 Å². The van der Waals surface area contributed by atoms with Gasteiger partial charge in [-0.25, -0.2) is 0 Å². The molecule has 26 heavy (non-hydrogen) atoms. The molecule has 4 N–H and O–H groups in total. The van der Waals surface area contributed by atoms with Gasteiger partial charge in [-0.05, 0) is 55.8 Å². The van der Waals surface area contributed by atoms with Gasteiger partial charge in [-0.2, -0.15) is 0 Å². The van der Waals surface area contributed by atoms with Crippen LogP contribution in [0, 0.1) is 22.7 Å². The highest BCUT2D eigenvalue weighted by Gasteiger charge is 2.52. The molecule has 0 aromatic rings. The molecule has 0 amide bonds. The Labute approximate surface area is 156 Å². The molecule has 8 atom stereocenters. The standard InChI is InChI=1S/C21H34O5/c1-13-4-6-21(3)15(11-18(24)19(21)25)10-17(26-12-22)9-14-8-16(23)5-7-20(13,14)2/h5,7,14-19,22-25H,1,4,6,8-12H2,2-3H3/t14-,15+,16-,17-,18+,19-,20+,21-/m0/s1. The van der Waals surface area contributed by atoms with Gasteiger partial charge >= 0.3 is 0 Å². The van der Waals surface area contributed by atoms with E-state index in [9.17, 15) is 20.4 Å². The predicted molar refractivity (Wildman–Crippen MR) is 99.2 cm³/mol. The fourth-order valence-electron chi connectivity index (χ4n) is 5.56. The minimum Gasteiger partial charge on any atom is -0.390 e. The molecule has 148 valence electrons. The molecule has 0 aromatic carbocycles. The van der Waals surface area contributed by atoms with Crippen LogP contribution in [0.25, 0.3) is 0 Å². The lowest BCUT2D eigenvalue weighted by Crippen LogP contribution is -2.42. The van der Waals surface area contributed by atoms with Gasteiger partial charge in [-0.1, -0.05) is 38.2 Å². The zero-order chi connectivity index (χ0) is 19.1. The van der Waals surface area contributed by atoms with Crippen LogP contribution in [0.1, 0.15) is 52.4 Å². The molecular formula is C21H34O5. The fraction of sp³-hybridized carbons (Fsp3) is 0.810. The summed E-state index contributed by atoms with van der Waals surface area (Å²) in [7, 11) is 0. The summed E-state index contributed by atoms with van der Waals surface area (Å²) in [5.74, 6) is 0.317. The Morgan fingerprint density at radius 1 is 1.12 bits per heavy atom. The number of ether oxygens (including phenoxy) is 1. The average Bonchev–Trinajstić information content (AvgIpc) is 2.80. The van der Waals surface area contributed by atoms with Crippen LogP contribution in [0.5, 0.6) is 0 Å². The van der Waals surface area contributed by atoms with Gasteiger partial charge in [0.2, 0.25) is 0 Å². The van der Waals surface area contributed by atoms with Gasteiger partial charge < -0.3 is 25.2 Å². The molecular weight excluding hydrogens is 332 g/mol. The van der Waals surface area contributed by atoms with Gasteiger partial charge in [0.05, 0.1) is 24.4 Å². The molecule has 0 heterocycles. The molecule has 5 nitrogen and oxygen atoms in total. The van der Waals surface area contributed by atoms with Crippen LogP contribution in [0.15, 0.2) is 24.3 Å². The second-order valence-corrected chi connectivity index (χ2v) is 9.09. The van der Waals surface area contributed by atoms with E-state index >= 15 is 0 Å². The summed E-state index contributed by atoms with van der Waals surface area (Å²) < 4.78 is 5.66. The Balaban J connectivity index is 1.94.